The first-order chi connectivity index (χ1) is 12.5. The molecule has 0 saturated heterocycles. The summed E-state index contributed by atoms with van der Waals surface area (Å²) in [7, 11) is 0. The van der Waals surface area contributed by atoms with Crippen molar-refractivity contribution in [3.63, 3.8) is 0 Å². The molecule has 2 aromatic carbocycles. The second kappa shape index (κ2) is 7.43. The number of nitro benzene ring substituents is 1. The molecule has 0 radical (unpaired) electrons. The summed E-state index contributed by atoms with van der Waals surface area (Å²) in [5, 5.41) is 16.8. The van der Waals surface area contributed by atoms with Crippen LogP contribution in [-0.2, 0) is 0 Å². The number of carbonyl (C=O) groups is 1. The quantitative estimate of drug-likeness (QED) is 0.471. The molecule has 0 unspecified atom stereocenters. The highest BCUT2D eigenvalue weighted by Crippen LogP contribution is 2.40. The molecule has 2 aromatic rings. The molecule has 7 nitrogen and oxygen atoms in total. The summed E-state index contributed by atoms with van der Waals surface area (Å²) in [5.41, 5.74) is 2.00. The second-order valence-corrected chi connectivity index (χ2v) is 6.29. The number of nitrogens with one attached hydrogen (secondary N) is 2. The van der Waals surface area contributed by atoms with Crippen LogP contribution in [-0.4, -0.2) is 30.0 Å². The molecule has 1 amide bonds. The van der Waals surface area contributed by atoms with Gasteiger partial charge in [-0.15, -0.1) is 0 Å². The topological polar surface area (TPSA) is 93.5 Å². The van der Waals surface area contributed by atoms with Crippen LogP contribution in [0.5, 0.6) is 5.75 Å². The predicted octanol–water partition coefficient (Wildman–Crippen LogP) is 3.32. The summed E-state index contributed by atoms with van der Waals surface area (Å²) in [6.07, 6.45) is 0.0410. The first-order valence-corrected chi connectivity index (χ1v) is 8.54. The summed E-state index contributed by atoms with van der Waals surface area (Å²) in [4.78, 5) is 23.0. The number of hydrogen-bond donors (Lipinski definition) is 2. The Morgan fingerprint density at radius 1 is 1.15 bits per heavy atom. The third kappa shape index (κ3) is 3.46. The van der Waals surface area contributed by atoms with Gasteiger partial charge >= 0.3 is 0 Å². The van der Waals surface area contributed by atoms with E-state index in [1.807, 2.05) is 19.1 Å². The molecule has 0 saturated carbocycles. The van der Waals surface area contributed by atoms with E-state index in [4.69, 9.17) is 4.74 Å². The lowest BCUT2D eigenvalue weighted by atomic mass is 9.97. The molecule has 136 valence electrons. The Morgan fingerprint density at radius 2 is 1.92 bits per heavy atom. The normalized spacial score (nSPS) is 17.9. The van der Waals surface area contributed by atoms with E-state index in [-0.39, 0.29) is 23.6 Å². The van der Waals surface area contributed by atoms with Gasteiger partial charge in [-0.05, 0) is 19.1 Å². The molecule has 7 heteroatoms. The van der Waals surface area contributed by atoms with Gasteiger partial charge < -0.3 is 15.4 Å². The minimum Gasteiger partial charge on any atom is -0.489 e. The number of para-hydroxylation sites is 3. The highest BCUT2D eigenvalue weighted by atomic mass is 16.6. The van der Waals surface area contributed by atoms with Crippen LogP contribution < -0.4 is 15.4 Å². The minimum absolute atomic E-state index is 0.0103. The molecule has 1 aliphatic rings. The zero-order valence-corrected chi connectivity index (χ0v) is 14.7. The fourth-order valence-corrected chi connectivity index (χ4v) is 3.02. The first-order valence-electron chi connectivity index (χ1n) is 8.54. The molecule has 26 heavy (non-hydrogen) atoms. The van der Waals surface area contributed by atoms with Gasteiger partial charge in [0.25, 0.3) is 11.6 Å². The minimum atomic E-state index is -0.437. The second-order valence-electron chi connectivity index (χ2n) is 6.29. The number of rotatable bonds is 6. The van der Waals surface area contributed by atoms with Crippen LogP contribution in [0.1, 0.15) is 35.7 Å². The lowest BCUT2D eigenvalue weighted by Gasteiger charge is -2.11. The zero-order valence-electron chi connectivity index (χ0n) is 14.7. The van der Waals surface area contributed by atoms with Crippen molar-refractivity contribution >= 4 is 17.3 Å². The van der Waals surface area contributed by atoms with Crippen molar-refractivity contribution in [1.29, 1.82) is 0 Å². The zero-order chi connectivity index (χ0) is 18.7. The van der Waals surface area contributed by atoms with Crippen LogP contribution in [0.25, 0.3) is 0 Å². The van der Waals surface area contributed by atoms with Crippen molar-refractivity contribution < 1.29 is 14.5 Å². The molecule has 2 atom stereocenters. The Morgan fingerprint density at radius 3 is 2.69 bits per heavy atom. The summed E-state index contributed by atoms with van der Waals surface area (Å²) in [6.45, 7) is 4.77. The van der Waals surface area contributed by atoms with Gasteiger partial charge in [-0.25, -0.2) is 0 Å². The van der Waals surface area contributed by atoms with Gasteiger partial charge in [0.1, 0.15) is 17.5 Å². The average Bonchev–Trinajstić information content (AvgIpc) is 2.93. The summed E-state index contributed by atoms with van der Waals surface area (Å²) >= 11 is 0. The Balaban J connectivity index is 1.59. The molecule has 2 N–H and O–H groups in total. The maximum absolute atomic E-state index is 12.5. The summed E-state index contributed by atoms with van der Waals surface area (Å²) < 4.78 is 5.84. The molecule has 0 fully saturated rings. The largest absolute Gasteiger partial charge is 0.489 e. The monoisotopic (exact) mass is 355 g/mol. The van der Waals surface area contributed by atoms with Crippen molar-refractivity contribution in [2.24, 2.45) is 0 Å². The SMILES string of the molecule is C[C@@H]1Oc2c(C(=O)NCCNc3ccccc3[N+](=O)[O-])cccc2[C@H]1C. The lowest BCUT2D eigenvalue weighted by Crippen LogP contribution is -2.29. The van der Waals surface area contributed by atoms with Crippen LogP contribution in [0, 0.1) is 10.1 Å². The maximum Gasteiger partial charge on any atom is 0.292 e. The van der Waals surface area contributed by atoms with Gasteiger partial charge in [-0.1, -0.05) is 31.2 Å². The van der Waals surface area contributed by atoms with Crippen LogP contribution in [0.4, 0.5) is 11.4 Å². The predicted molar refractivity (Wildman–Crippen MR) is 98.9 cm³/mol. The summed E-state index contributed by atoms with van der Waals surface area (Å²) in [5.74, 6) is 0.683. The lowest BCUT2D eigenvalue weighted by molar-refractivity contribution is -0.384. The van der Waals surface area contributed by atoms with E-state index in [0.717, 1.165) is 5.56 Å². The number of benzene rings is 2. The molecule has 3 rings (SSSR count). The average molecular weight is 355 g/mol. The van der Waals surface area contributed by atoms with Gasteiger partial charge in [0.05, 0.1) is 10.5 Å². The molecule has 1 heterocycles. The molecular weight excluding hydrogens is 334 g/mol. The van der Waals surface area contributed by atoms with Crippen LogP contribution in [0.3, 0.4) is 0 Å². The van der Waals surface area contributed by atoms with E-state index in [9.17, 15) is 14.9 Å². The smallest absolute Gasteiger partial charge is 0.292 e. The Hall–Kier alpha value is -3.09. The highest BCUT2D eigenvalue weighted by Gasteiger charge is 2.30. The van der Waals surface area contributed by atoms with Crippen molar-refractivity contribution in [2.75, 3.05) is 18.4 Å². The van der Waals surface area contributed by atoms with Crippen molar-refractivity contribution in [1.82, 2.24) is 5.32 Å². The number of nitro groups is 1. The van der Waals surface area contributed by atoms with E-state index < -0.39 is 4.92 Å². The van der Waals surface area contributed by atoms with Gasteiger partial charge in [0, 0.05) is 30.6 Å². The molecule has 0 aliphatic carbocycles. The fraction of sp³-hybridized carbons (Fsp3) is 0.316. The maximum atomic E-state index is 12.5. The highest BCUT2D eigenvalue weighted by molar-refractivity contribution is 5.97. The van der Waals surface area contributed by atoms with Crippen LogP contribution in [0.15, 0.2) is 42.5 Å². The van der Waals surface area contributed by atoms with Crippen molar-refractivity contribution in [3.05, 3.63) is 63.7 Å². The number of fused-ring (bicyclic) bond motifs is 1. The van der Waals surface area contributed by atoms with Gasteiger partial charge in [-0.2, -0.15) is 0 Å². The van der Waals surface area contributed by atoms with E-state index in [0.29, 0.717) is 30.1 Å². The van der Waals surface area contributed by atoms with E-state index in [1.54, 1.807) is 24.3 Å². The van der Waals surface area contributed by atoms with Crippen LogP contribution in [0.2, 0.25) is 0 Å². The number of ether oxygens (including phenoxy) is 1. The Labute approximate surface area is 151 Å². The Kier molecular flexibility index (Phi) is 5.06. The van der Waals surface area contributed by atoms with Crippen molar-refractivity contribution in [2.45, 2.75) is 25.9 Å². The van der Waals surface area contributed by atoms with Crippen LogP contribution >= 0.6 is 0 Å². The molecule has 0 aromatic heterocycles. The number of nitrogens with zero attached hydrogens (tertiary/aromatic N) is 1. The van der Waals surface area contributed by atoms with E-state index in [1.165, 1.54) is 6.07 Å². The molecule has 0 spiro atoms. The molecular formula is C19H21N3O4. The third-order valence-electron chi connectivity index (χ3n) is 4.62. The molecule has 0 bridgehead atoms. The number of anilines is 1. The third-order valence-corrected chi connectivity index (χ3v) is 4.62. The number of carbonyl (C=O) groups excluding carboxylic acids is 1. The molecule has 1 aliphatic heterocycles. The van der Waals surface area contributed by atoms with Gasteiger partial charge in [0.2, 0.25) is 0 Å². The van der Waals surface area contributed by atoms with E-state index >= 15 is 0 Å². The van der Waals surface area contributed by atoms with Gasteiger partial charge in [0.15, 0.2) is 0 Å². The van der Waals surface area contributed by atoms with Crippen molar-refractivity contribution in [3.8, 4) is 5.75 Å². The Bertz CT molecular complexity index is 837. The summed E-state index contributed by atoms with van der Waals surface area (Å²) in [6, 6.07) is 12.0. The number of amides is 1. The number of hydrogen-bond acceptors (Lipinski definition) is 5. The van der Waals surface area contributed by atoms with E-state index in [2.05, 4.69) is 17.6 Å². The standard InChI is InChI=1S/C19H21N3O4/c1-12-13(2)26-18-14(12)6-5-7-15(18)19(23)21-11-10-20-16-8-3-4-9-17(16)22(24)25/h3-9,12-13,20H,10-11H2,1-2H3,(H,21,23)/t12-,13-/m0/s1. The first kappa shape index (κ1) is 17.7. The van der Waals surface area contributed by atoms with Gasteiger partial charge in [-0.3, -0.25) is 14.9 Å². The fourth-order valence-electron chi connectivity index (χ4n) is 3.02.